The molecule has 0 radical (unpaired) electrons. The lowest BCUT2D eigenvalue weighted by Crippen LogP contribution is -2.16. The molecule has 0 aliphatic rings. The lowest BCUT2D eigenvalue weighted by atomic mass is 10.5. The Morgan fingerprint density at radius 3 is 2.44 bits per heavy atom. The molecule has 0 rings (SSSR count). The second-order valence-corrected chi connectivity index (χ2v) is 2.15. The van der Waals surface area contributed by atoms with Gasteiger partial charge in [0.2, 0.25) is 0 Å². The SMILES string of the molecule is CC(C)=NN(C)CCO. The van der Waals surface area contributed by atoms with Gasteiger partial charge >= 0.3 is 0 Å². The highest BCUT2D eigenvalue weighted by Gasteiger charge is 1.88. The number of hydrazone groups is 1. The van der Waals surface area contributed by atoms with Crippen LogP contribution >= 0.6 is 0 Å². The molecule has 0 fully saturated rings. The van der Waals surface area contributed by atoms with Gasteiger partial charge in [0.1, 0.15) is 0 Å². The summed E-state index contributed by atoms with van der Waals surface area (Å²) in [6.45, 7) is 4.61. The summed E-state index contributed by atoms with van der Waals surface area (Å²) >= 11 is 0. The average Bonchev–Trinajstić information content (AvgIpc) is 1.63. The van der Waals surface area contributed by atoms with Crippen LogP contribution in [-0.4, -0.2) is 36.0 Å². The Morgan fingerprint density at radius 2 is 2.11 bits per heavy atom. The Morgan fingerprint density at radius 1 is 1.56 bits per heavy atom. The topological polar surface area (TPSA) is 35.8 Å². The van der Waals surface area contributed by atoms with E-state index in [1.807, 2.05) is 20.9 Å². The van der Waals surface area contributed by atoms with Crippen molar-refractivity contribution in [2.75, 3.05) is 20.2 Å². The number of rotatable bonds is 3. The summed E-state index contributed by atoms with van der Waals surface area (Å²) in [5.41, 5.74) is 1.01. The van der Waals surface area contributed by atoms with Gasteiger partial charge in [-0.15, -0.1) is 0 Å². The largest absolute Gasteiger partial charge is 0.394 e. The normalized spacial score (nSPS) is 8.89. The lowest BCUT2D eigenvalue weighted by Gasteiger charge is -2.10. The molecule has 0 aliphatic carbocycles. The van der Waals surface area contributed by atoms with Crippen molar-refractivity contribution < 1.29 is 5.11 Å². The van der Waals surface area contributed by atoms with E-state index >= 15 is 0 Å². The first-order chi connectivity index (χ1) is 4.16. The van der Waals surface area contributed by atoms with Crippen molar-refractivity contribution in [2.24, 2.45) is 5.10 Å². The van der Waals surface area contributed by atoms with Crippen LogP contribution in [0.3, 0.4) is 0 Å². The Hall–Kier alpha value is -0.570. The summed E-state index contributed by atoms with van der Waals surface area (Å²) in [5.74, 6) is 0. The minimum Gasteiger partial charge on any atom is -0.394 e. The Bertz CT molecular complexity index is 97.2. The predicted octanol–water partition coefficient (Wildman–Crippen LogP) is 0.306. The van der Waals surface area contributed by atoms with Crippen molar-refractivity contribution in [3.05, 3.63) is 0 Å². The second kappa shape index (κ2) is 4.32. The Kier molecular flexibility index (Phi) is 4.05. The molecule has 0 spiro atoms. The van der Waals surface area contributed by atoms with Crippen molar-refractivity contribution in [2.45, 2.75) is 13.8 Å². The van der Waals surface area contributed by atoms with E-state index in [0.29, 0.717) is 6.54 Å². The van der Waals surface area contributed by atoms with Crippen LogP contribution < -0.4 is 0 Å². The van der Waals surface area contributed by atoms with Gasteiger partial charge < -0.3 is 5.11 Å². The molecule has 0 bridgehead atoms. The van der Waals surface area contributed by atoms with Crippen molar-refractivity contribution >= 4 is 5.71 Å². The molecular weight excluding hydrogens is 116 g/mol. The van der Waals surface area contributed by atoms with Crippen molar-refractivity contribution in [3.8, 4) is 0 Å². The molecule has 0 saturated heterocycles. The second-order valence-electron chi connectivity index (χ2n) is 2.15. The third-order valence-corrected chi connectivity index (χ3v) is 0.794. The predicted molar refractivity (Wildman–Crippen MR) is 38.5 cm³/mol. The molecule has 0 unspecified atom stereocenters. The molecular formula is C6H14N2O. The number of likely N-dealkylation sites (N-methyl/N-ethyl adjacent to an activating group) is 1. The molecule has 0 atom stereocenters. The minimum atomic E-state index is 0.160. The van der Waals surface area contributed by atoms with Gasteiger partial charge in [-0.25, -0.2) is 0 Å². The standard InChI is InChI=1S/C6H14N2O/c1-6(2)7-8(3)4-5-9/h9H,4-5H2,1-3H3. The van der Waals surface area contributed by atoms with Crippen LogP contribution in [0.5, 0.6) is 0 Å². The monoisotopic (exact) mass is 130 g/mol. The van der Waals surface area contributed by atoms with Crippen molar-refractivity contribution in [1.29, 1.82) is 0 Å². The molecule has 0 heterocycles. The lowest BCUT2D eigenvalue weighted by molar-refractivity contribution is 0.226. The average molecular weight is 130 g/mol. The van der Waals surface area contributed by atoms with Gasteiger partial charge in [-0.2, -0.15) is 5.10 Å². The van der Waals surface area contributed by atoms with E-state index in [4.69, 9.17) is 5.11 Å². The summed E-state index contributed by atoms with van der Waals surface area (Å²) in [5, 5.41) is 14.2. The summed E-state index contributed by atoms with van der Waals surface area (Å²) in [4.78, 5) is 0. The summed E-state index contributed by atoms with van der Waals surface area (Å²) in [6, 6.07) is 0. The van der Waals surface area contributed by atoms with Gasteiger partial charge in [-0.05, 0) is 13.8 Å². The summed E-state index contributed by atoms with van der Waals surface area (Å²) in [6.07, 6.45) is 0. The Balaban J connectivity index is 3.49. The molecule has 0 aliphatic heterocycles. The maximum Gasteiger partial charge on any atom is 0.0623 e. The fourth-order valence-corrected chi connectivity index (χ4v) is 0.536. The van der Waals surface area contributed by atoms with E-state index in [0.717, 1.165) is 5.71 Å². The van der Waals surface area contributed by atoms with Crippen LogP contribution in [0.1, 0.15) is 13.8 Å². The van der Waals surface area contributed by atoms with Gasteiger partial charge in [0, 0.05) is 12.8 Å². The molecule has 0 aromatic carbocycles. The minimum absolute atomic E-state index is 0.160. The third-order valence-electron chi connectivity index (χ3n) is 0.794. The number of aliphatic hydroxyl groups is 1. The van der Waals surface area contributed by atoms with E-state index in [9.17, 15) is 0 Å². The van der Waals surface area contributed by atoms with Crippen LogP contribution in [0.4, 0.5) is 0 Å². The molecule has 1 N–H and O–H groups in total. The summed E-state index contributed by atoms with van der Waals surface area (Å²) < 4.78 is 0. The molecule has 3 heteroatoms. The van der Waals surface area contributed by atoms with E-state index in [1.165, 1.54) is 0 Å². The molecule has 0 aromatic rings. The fraction of sp³-hybridized carbons (Fsp3) is 0.833. The number of hydrogen-bond acceptors (Lipinski definition) is 3. The van der Waals surface area contributed by atoms with Gasteiger partial charge in [0.25, 0.3) is 0 Å². The maximum absolute atomic E-state index is 8.44. The van der Waals surface area contributed by atoms with Crippen LogP contribution in [0.15, 0.2) is 5.10 Å². The molecule has 0 aromatic heterocycles. The molecule has 54 valence electrons. The highest BCUT2D eigenvalue weighted by molar-refractivity contribution is 5.78. The molecule has 9 heavy (non-hydrogen) atoms. The van der Waals surface area contributed by atoms with Gasteiger partial charge in [0.15, 0.2) is 0 Å². The highest BCUT2D eigenvalue weighted by Crippen LogP contribution is 1.83. The van der Waals surface area contributed by atoms with Gasteiger partial charge in [0.05, 0.1) is 13.2 Å². The van der Waals surface area contributed by atoms with Crippen LogP contribution in [0.25, 0.3) is 0 Å². The van der Waals surface area contributed by atoms with Gasteiger partial charge in [-0.3, -0.25) is 5.01 Å². The van der Waals surface area contributed by atoms with Gasteiger partial charge in [-0.1, -0.05) is 0 Å². The number of aliphatic hydroxyl groups excluding tert-OH is 1. The van der Waals surface area contributed by atoms with Crippen LogP contribution in [-0.2, 0) is 0 Å². The fourth-order valence-electron chi connectivity index (χ4n) is 0.536. The smallest absolute Gasteiger partial charge is 0.0623 e. The van der Waals surface area contributed by atoms with E-state index in [1.54, 1.807) is 5.01 Å². The Labute approximate surface area is 56.0 Å². The zero-order valence-electron chi connectivity index (χ0n) is 6.26. The third kappa shape index (κ3) is 5.30. The quantitative estimate of drug-likeness (QED) is 0.441. The molecule has 3 nitrogen and oxygen atoms in total. The first kappa shape index (κ1) is 8.43. The van der Waals surface area contributed by atoms with E-state index < -0.39 is 0 Å². The van der Waals surface area contributed by atoms with E-state index in [2.05, 4.69) is 5.10 Å². The van der Waals surface area contributed by atoms with Crippen LogP contribution in [0.2, 0.25) is 0 Å². The molecule has 0 saturated carbocycles. The van der Waals surface area contributed by atoms with Crippen molar-refractivity contribution in [3.63, 3.8) is 0 Å². The first-order valence-corrected chi connectivity index (χ1v) is 3.00. The highest BCUT2D eigenvalue weighted by atomic mass is 16.3. The number of nitrogens with zero attached hydrogens (tertiary/aromatic N) is 2. The maximum atomic E-state index is 8.44. The van der Waals surface area contributed by atoms with Crippen molar-refractivity contribution in [1.82, 2.24) is 5.01 Å². The zero-order valence-corrected chi connectivity index (χ0v) is 6.26. The number of hydrogen-bond donors (Lipinski definition) is 1. The molecule has 0 amide bonds. The first-order valence-electron chi connectivity index (χ1n) is 3.00. The van der Waals surface area contributed by atoms with Crippen LogP contribution in [0, 0.1) is 0 Å². The summed E-state index contributed by atoms with van der Waals surface area (Å²) in [7, 11) is 1.84. The zero-order chi connectivity index (χ0) is 7.28. The van der Waals surface area contributed by atoms with E-state index in [-0.39, 0.29) is 6.61 Å².